The van der Waals surface area contributed by atoms with E-state index in [1.54, 1.807) is 0 Å². The zero-order valence-electron chi connectivity index (χ0n) is 11.4. The number of carbonyl (C=O) groups is 1. The van der Waals surface area contributed by atoms with Crippen LogP contribution >= 0.6 is 0 Å². The Morgan fingerprint density at radius 2 is 1.95 bits per heavy atom. The lowest BCUT2D eigenvalue weighted by molar-refractivity contribution is -0.131. The first-order chi connectivity index (χ1) is 9.17. The number of hydrogen-bond donors (Lipinski definition) is 1. The summed E-state index contributed by atoms with van der Waals surface area (Å²) in [5.74, 6) is 0.263. The number of rotatable bonds is 3. The molecule has 2 fully saturated rings. The SMILES string of the molecule is NC1(c2cccc(CC(=O)N3CCCCC3)c2)CC1. The van der Waals surface area contributed by atoms with Gasteiger partial charge in [-0.25, -0.2) is 0 Å². The fraction of sp³-hybridized carbons (Fsp3) is 0.562. The first-order valence-corrected chi connectivity index (χ1v) is 7.33. The molecule has 1 aliphatic carbocycles. The average Bonchev–Trinajstić information content (AvgIpc) is 3.19. The van der Waals surface area contributed by atoms with Gasteiger partial charge in [-0.3, -0.25) is 4.79 Å². The normalized spacial score (nSPS) is 21.2. The summed E-state index contributed by atoms with van der Waals surface area (Å²) in [5, 5.41) is 0. The minimum Gasteiger partial charge on any atom is -0.342 e. The van der Waals surface area contributed by atoms with Crippen LogP contribution in [-0.4, -0.2) is 23.9 Å². The predicted molar refractivity (Wildman–Crippen MR) is 75.7 cm³/mol. The lowest BCUT2D eigenvalue weighted by atomic mass is 10.0. The van der Waals surface area contributed by atoms with Crippen molar-refractivity contribution < 1.29 is 4.79 Å². The standard InChI is InChI=1S/C16H22N2O/c17-16(7-8-16)14-6-4-5-13(11-14)12-15(19)18-9-2-1-3-10-18/h4-6,11H,1-3,7-10,12,17H2. The number of likely N-dealkylation sites (tertiary alicyclic amines) is 1. The maximum atomic E-state index is 12.2. The molecule has 3 heteroatoms. The van der Waals surface area contributed by atoms with Gasteiger partial charge in [0.2, 0.25) is 5.91 Å². The highest BCUT2D eigenvalue weighted by atomic mass is 16.2. The van der Waals surface area contributed by atoms with Crippen LogP contribution in [0.5, 0.6) is 0 Å². The van der Waals surface area contributed by atoms with Crippen molar-refractivity contribution in [2.75, 3.05) is 13.1 Å². The summed E-state index contributed by atoms with van der Waals surface area (Å²) in [6.45, 7) is 1.86. The van der Waals surface area contributed by atoms with Crippen molar-refractivity contribution in [3.63, 3.8) is 0 Å². The van der Waals surface area contributed by atoms with Gasteiger partial charge in [0.25, 0.3) is 0 Å². The van der Waals surface area contributed by atoms with Crippen LogP contribution in [0.25, 0.3) is 0 Å². The maximum absolute atomic E-state index is 12.2. The van der Waals surface area contributed by atoms with Gasteiger partial charge >= 0.3 is 0 Å². The number of nitrogens with zero attached hydrogens (tertiary/aromatic N) is 1. The van der Waals surface area contributed by atoms with Gasteiger partial charge < -0.3 is 10.6 Å². The van der Waals surface area contributed by atoms with Crippen LogP contribution in [0.15, 0.2) is 24.3 Å². The van der Waals surface area contributed by atoms with E-state index in [9.17, 15) is 4.79 Å². The number of hydrogen-bond acceptors (Lipinski definition) is 2. The summed E-state index contributed by atoms with van der Waals surface area (Å²) in [4.78, 5) is 14.2. The molecule has 1 aromatic carbocycles. The molecule has 2 aliphatic rings. The van der Waals surface area contributed by atoms with E-state index in [1.807, 2.05) is 17.0 Å². The molecule has 0 atom stereocenters. The third-order valence-electron chi connectivity index (χ3n) is 4.35. The second-order valence-corrected chi connectivity index (χ2v) is 5.97. The van der Waals surface area contributed by atoms with Gasteiger partial charge in [-0.1, -0.05) is 24.3 Å². The van der Waals surface area contributed by atoms with E-state index in [0.29, 0.717) is 6.42 Å². The Morgan fingerprint density at radius 1 is 1.21 bits per heavy atom. The summed E-state index contributed by atoms with van der Waals surface area (Å²) in [5.41, 5.74) is 8.40. The van der Waals surface area contributed by atoms with Crippen molar-refractivity contribution in [1.29, 1.82) is 0 Å². The molecular formula is C16H22N2O. The van der Waals surface area contributed by atoms with Crippen LogP contribution in [0.3, 0.4) is 0 Å². The Balaban J connectivity index is 1.67. The quantitative estimate of drug-likeness (QED) is 0.903. The van der Waals surface area contributed by atoms with Crippen molar-refractivity contribution in [3.05, 3.63) is 35.4 Å². The first kappa shape index (κ1) is 12.7. The van der Waals surface area contributed by atoms with Gasteiger partial charge in [-0.15, -0.1) is 0 Å². The van der Waals surface area contributed by atoms with Crippen LogP contribution in [0.1, 0.15) is 43.2 Å². The van der Waals surface area contributed by atoms with Gasteiger partial charge in [-0.2, -0.15) is 0 Å². The third-order valence-corrected chi connectivity index (χ3v) is 4.35. The zero-order chi connectivity index (χ0) is 13.3. The molecule has 0 unspecified atom stereocenters. The Labute approximate surface area is 114 Å². The summed E-state index contributed by atoms with van der Waals surface area (Å²) < 4.78 is 0. The fourth-order valence-corrected chi connectivity index (χ4v) is 2.84. The van der Waals surface area contributed by atoms with Crippen LogP contribution in [0.4, 0.5) is 0 Å². The molecule has 1 aliphatic heterocycles. The summed E-state index contributed by atoms with van der Waals surface area (Å²) in [6, 6.07) is 8.27. The molecular weight excluding hydrogens is 236 g/mol. The van der Waals surface area contributed by atoms with Crippen molar-refractivity contribution in [2.45, 2.75) is 44.1 Å². The Bertz CT molecular complexity index is 473. The summed E-state index contributed by atoms with van der Waals surface area (Å²) in [6.07, 6.45) is 6.21. The van der Waals surface area contributed by atoms with Gasteiger partial charge in [0.15, 0.2) is 0 Å². The lowest BCUT2D eigenvalue weighted by Gasteiger charge is -2.26. The monoisotopic (exact) mass is 258 g/mol. The van der Waals surface area contributed by atoms with E-state index >= 15 is 0 Å². The minimum absolute atomic E-state index is 0.107. The van der Waals surface area contributed by atoms with Gasteiger partial charge in [0, 0.05) is 18.6 Å². The molecule has 1 saturated heterocycles. The average molecular weight is 258 g/mol. The van der Waals surface area contributed by atoms with Crippen molar-refractivity contribution in [2.24, 2.45) is 5.73 Å². The van der Waals surface area contributed by atoms with E-state index in [4.69, 9.17) is 5.73 Å². The van der Waals surface area contributed by atoms with Gasteiger partial charge in [0.05, 0.1) is 6.42 Å². The molecule has 1 aromatic rings. The molecule has 1 saturated carbocycles. The molecule has 3 nitrogen and oxygen atoms in total. The minimum atomic E-state index is -0.107. The van der Waals surface area contributed by atoms with E-state index < -0.39 is 0 Å². The molecule has 2 N–H and O–H groups in total. The van der Waals surface area contributed by atoms with E-state index in [0.717, 1.165) is 44.3 Å². The number of nitrogens with two attached hydrogens (primary N) is 1. The Morgan fingerprint density at radius 3 is 2.63 bits per heavy atom. The van der Waals surface area contributed by atoms with Crippen LogP contribution < -0.4 is 5.73 Å². The highest BCUT2D eigenvalue weighted by Gasteiger charge is 2.39. The van der Waals surface area contributed by atoms with Gasteiger partial charge in [0.1, 0.15) is 0 Å². The second-order valence-electron chi connectivity index (χ2n) is 5.97. The molecule has 3 rings (SSSR count). The van der Waals surface area contributed by atoms with E-state index in [1.165, 1.54) is 12.0 Å². The second kappa shape index (κ2) is 4.97. The lowest BCUT2D eigenvalue weighted by Crippen LogP contribution is -2.36. The highest BCUT2D eigenvalue weighted by molar-refractivity contribution is 5.78. The molecule has 1 amide bonds. The summed E-state index contributed by atoms with van der Waals surface area (Å²) >= 11 is 0. The topological polar surface area (TPSA) is 46.3 Å². The highest BCUT2D eigenvalue weighted by Crippen LogP contribution is 2.42. The Hall–Kier alpha value is -1.35. The largest absolute Gasteiger partial charge is 0.342 e. The van der Waals surface area contributed by atoms with Crippen molar-refractivity contribution in [1.82, 2.24) is 4.90 Å². The van der Waals surface area contributed by atoms with Crippen molar-refractivity contribution >= 4 is 5.91 Å². The first-order valence-electron chi connectivity index (χ1n) is 7.33. The molecule has 0 radical (unpaired) electrons. The summed E-state index contributed by atoms with van der Waals surface area (Å²) in [7, 11) is 0. The molecule has 0 bridgehead atoms. The van der Waals surface area contributed by atoms with Crippen LogP contribution in [0, 0.1) is 0 Å². The van der Waals surface area contributed by atoms with Crippen LogP contribution in [-0.2, 0) is 16.8 Å². The number of benzene rings is 1. The van der Waals surface area contributed by atoms with E-state index in [-0.39, 0.29) is 11.4 Å². The molecule has 102 valence electrons. The fourth-order valence-electron chi connectivity index (χ4n) is 2.84. The molecule has 19 heavy (non-hydrogen) atoms. The van der Waals surface area contributed by atoms with Crippen molar-refractivity contribution in [3.8, 4) is 0 Å². The molecule has 0 spiro atoms. The molecule has 0 aromatic heterocycles. The zero-order valence-corrected chi connectivity index (χ0v) is 11.4. The van der Waals surface area contributed by atoms with E-state index in [2.05, 4.69) is 12.1 Å². The molecule has 1 heterocycles. The number of amides is 1. The third kappa shape index (κ3) is 2.81. The number of carbonyl (C=O) groups excluding carboxylic acids is 1. The Kier molecular flexibility index (Phi) is 3.31. The maximum Gasteiger partial charge on any atom is 0.226 e. The number of piperidine rings is 1. The smallest absolute Gasteiger partial charge is 0.226 e. The van der Waals surface area contributed by atoms with Crippen LogP contribution in [0.2, 0.25) is 0 Å². The predicted octanol–water partition coefficient (Wildman–Crippen LogP) is 2.19. The van der Waals surface area contributed by atoms with Gasteiger partial charge in [-0.05, 0) is 43.2 Å².